The van der Waals surface area contributed by atoms with E-state index in [0.717, 1.165) is 32.1 Å². The highest BCUT2D eigenvalue weighted by Gasteiger charge is 2.16. The number of esters is 2. The van der Waals surface area contributed by atoms with Crippen LogP contribution in [0.15, 0.2) is 0 Å². The molecular weight excluding hydrogens is 608 g/mol. The van der Waals surface area contributed by atoms with E-state index in [2.05, 4.69) is 13.8 Å². The molecule has 1 atom stereocenters. The highest BCUT2D eigenvalue weighted by atomic mass is 16.6. The first-order chi connectivity index (χ1) is 24.1. The van der Waals surface area contributed by atoms with Gasteiger partial charge in [0.15, 0.2) is 6.10 Å². The summed E-state index contributed by atoms with van der Waals surface area (Å²) in [6, 6.07) is 0. The highest BCUT2D eigenvalue weighted by molar-refractivity contribution is 5.70. The Hall–Kier alpha value is -1.10. The molecule has 0 fully saturated rings. The van der Waals surface area contributed by atoms with Crippen LogP contribution in [0.1, 0.15) is 251 Å². The average molecular weight is 695 g/mol. The van der Waals surface area contributed by atoms with E-state index >= 15 is 0 Å². The number of hydrogen-bond donors (Lipinski definition) is 1. The first-order valence-electron chi connectivity index (χ1n) is 22.1. The van der Waals surface area contributed by atoms with E-state index in [4.69, 9.17) is 9.47 Å². The summed E-state index contributed by atoms with van der Waals surface area (Å²) in [5.74, 6) is -0.571. The summed E-state index contributed by atoms with van der Waals surface area (Å²) < 4.78 is 10.6. The predicted octanol–water partition coefficient (Wildman–Crippen LogP) is 13.9. The van der Waals surface area contributed by atoms with Crippen LogP contribution in [0, 0.1) is 0 Å². The smallest absolute Gasteiger partial charge is 0.306 e. The maximum absolute atomic E-state index is 12.2. The van der Waals surface area contributed by atoms with Crippen LogP contribution in [0.25, 0.3) is 0 Å². The van der Waals surface area contributed by atoms with Crippen LogP contribution in [0.4, 0.5) is 0 Å². The quantitative estimate of drug-likeness (QED) is 0.0509. The third-order valence-corrected chi connectivity index (χ3v) is 10.2. The minimum atomic E-state index is -0.762. The van der Waals surface area contributed by atoms with Gasteiger partial charge in [-0.1, -0.05) is 226 Å². The molecule has 0 aromatic carbocycles. The Kier molecular flexibility index (Phi) is 40.4. The molecule has 0 radical (unpaired) electrons. The van der Waals surface area contributed by atoms with Crippen molar-refractivity contribution in [1.29, 1.82) is 0 Å². The minimum Gasteiger partial charge on any atom is -0.462 e. The zero-order valence-corrected chi connectivity index (χ0v) is 33.2. The SMILES string of the molecule is CCCCCCCCCCCCCCCCCCCCC(=O)OC(CO)COC(=O)CCCCCCCCCCCCCCCCCCC. The third-order valence-electron chi connectivity index (χ3n) is 10.2. The summed E-state index contributed by atoms with van der Waals surface area (Å²) in [5.41, 5.74) is 0. The van der Waals surface area contributed by atoms with Crippen LogP contribution in [-0.4, -0.2) is 36.4 Å². The number of aliphatic hydroxyl groups is 1. The second kappa shape index (κ2) is 41.3. The van der Waals surface area contributed by atoms with Crippen LogP contribution >= 0.6 is 0 Å². The van der Waals surface area contributed by atoms with Crippen LogP contribution in [0.2, 0.25) is 0 Å². The third kappa shape index (κ3) is 39.5. The Morgan fingerprint density at radius 1 is 0.388 bits per heavy atom. The Morgan fingerprint density at radius 2 is 0.633 bits per heavy atom. The van der Waals surface area contributed by atoms with Crippen molar-refractivity contribution in [3.05, 3.63) is 0 Å². The van der Waals surface area contributed by atoms with Gasteiger partial charge in [0.2, 0.25) is 0 Å². The lowest BCUT2D eigenvalue weighted by Gasteiger charge is -2.15. The van der Waals surface area contributed by atoms with Gasteiger partial charge in [0.1, 0.15) is 6.61 Å². The molecule has 292 valence electrons. The lowest BCUT2D eigenvalue weighted by atomic mass is 10.0. The van der Waals surface area contributed by atoms with Crippen molar-refractivity contribution >= 4 is 11.9 Å². The first kappa shape index (κ1) is 47.9. The molecule has 0 aliphatic carbocycles. The second-order valence-corrected chi connectivity index (χ2v) is 15.1. The summed E-state index contributed by atoms with van der Waals surface area (Å²) in [4.78, 5) is 24.3. The molecule has 1 unspecified atom stereocenters. The summed E-state index contributed by atoms with van der Waals surface area (Å²) in [7, 11) is 0. The Labute approximate surface area is 306 Å². The lowest BCUT2D eigenvalue weighted by Crippen LogP contribution is -2.28. The average Bonchev–Trinajstić information content (AvgIpc) is 3.10. The standard InChI is InChI=1S/C44H86O5/c1-3-5-7-9-11-13-15-17-19-21-23-25-27-29-31-33-35-37-39-44(47)49-42(40-45)41-48-43(46)38-36-34-32-30-28-26-24-22-20-18-16-14-12-10-8-6-4-2/h42,45H,3-41H2,1-2H3. The molecule has 0 aromatic heterocycles. The Bertz CT molecular complexity index is 666. The molecule has 0 aliphatic rings. The molecule has 1 N–H and O–H groups in total. The van der Waals surface area contributed by atoms with Gasteiger partial charge in [-0.15, -0.1) is 0 Å². The number of aliphatic hydroxyl groups excluding tert-OH is 1. The van der Waals surface area contributed by atoms with E-state index in [0.29, 0.717) is 12.8 Å². The predicted molar refractivity (Wildman–Crippen MR) is 210 cm³/mol. The fourth-order valence-corrected chi connectivity index (χ4v) is 6.79. The van der Waals surface area contributed by atoms with Gasteiger partial charge in [-0.3, -0.25) is 9.59 Å². The number of rotatable bonds is 41. The van der Waals surface area contributed by atoms with Crippen molar-refractivity contribution in [2.45, 2.75) is 258 Å². The molecule has 0 saturated heterocycles. The van der Waals surface area contributed by atoms with Gasteiger partial charge in [0, 0.05) is 12.8 Å². The first-order valence-corrected chi connectivity index (χ1v) is 22.1. The van der Waals surface area contributed by atoms with Crippen LogP contribution in [0.5, 0.6) is 0 Å². The number of unbranched alkanes of at least 4 members (excludes halogenated alkanes) is 33. The van der Waals surface area contributed by atoms with Crippen molar-refractivity contribution in [3.8, 4) is 0 Å². The van der Waals surface area contributed by atoms with Crippen molar-refractivity contribution in [2.75, 3.05) is 13.2 Å². The molecule has 49 heavy (non-hydrogen) atoms. The number of carbonyl (C=O) groups excluding carboxylic acids is 2. The van der Waals surface area contributed by atoms with Crippen LogP contribution in [-0.2, 0) is 19.1 Å². The van der Waals surface area contributed by atoms with Gasteiger partial charge in [-0.25, -0.2) is 0 Å². The maximum atomic E-state index is 12.2. The molecule has 0 spiro atoms. The van der Waals surface area contributed by atoms with E-state index in [1.807, 2.05) is 0 Å². The number of ether oxygens (including phenoxy) is 2. The molecule has 0 saturated carbocycles. The van der Waals surface area contributed by atoms with E-state index in [9.17, 15) is 14.7 Å². The van der Waals surface area contributed by atoms with Crippen molar-refractivity contribution < 1.29 is 24.2 Å². The zero-order valence-electron chi connectivity index (χ0n) is 33.2. The topological polar surface area (TPSA) is 72.8 Å². The number of carbonyl (C=O) groups is 2. The van der Waals surface area contributed by atoms with Gasteiger partial charge in [-0.05, 0) is 12.8 Å². The summed E-state index contributed by atoms with van der Waals surface area (Å²) in [6.07, 6.45) is 46.0. The molecule has 0 amide bonds. The molecule has 0 rings (SSSR count). The Balaban J connectivity index is 3.46. The zero-order chi connectivity index (χ0) is 35.7. The van der Waals surface area contributed by atoms with E-state index in [1.54, 1.807) is 0 Å². The molecule has 0 aliphatic heterocycles. The van der Waals surface area contributed by atoms with Crippen molar-refractivity contribution in [2.24, 2.45) is 0 Å². The van der Waals surface area contributed by atoms with Crippen LogP contribution < -0.4 is 0 Å². The summed E-state index contributed by atoms with van der Waals surface area (Å²) >= 11 is 0. The van der Waals surface area contributed by atoms with E-state index in [-0.39, 0.29) is 25.2 Å². The molecule has 5 nitrogen and oxygen atoms in total. The fourth-order valence-electron chi connectivity index (χ4n) is 6.79. The van der Waals surface area contributed by atoms with Crippen LogP contribution in [0.3, 0.4) is 0 Å². The molecule has 0 aromatic rings. The van der Waals surface area contributed by atoms with Gasteiger partial charge in [-0.2, -0.15) is 0 Å². The minimum absolute atomic E-state index is 0.0564. The molecular formula is C44H86O5. The normalized spacial score (nSPS) is 12.0. The van der Waals surface area contributed by atoms with Crippen molar-refractivity contribution in [1.82, 2.24) is 0 Å². The fraction of sp³-hybridized carbons (Fsp3) is 0.955. The van der Waals surface area contributed by atoms with Gasteiger partial charge in [0.05, 0.1) is 6.61 Å². The summed E-state index contributed by atoms with van der Waals surface area (Å²) in [5, 5.41) is 9.58. The largest absolute Gasteiger partial charge is 0.462 e. The Morgan fingerprint density at radius 3 is 0.898 bits per heavy atom. The van der Waals surface area contributed by atoms with Gasteiger partial charge >= 0.3 is 11.9 Å². The lowest BCUT2D eigenvalue weighted by molar-refractivity contribution is -0.161. The van der Waals surface area contributed by atoms with Gasteiger partial charge < -0.3 is 14.6 Å². The maximum Gasteiger partial charge on any atom is 0.306 e. The summed E-state index contributed by atoms with van der Waals surface area (Å²) in [6.45, 7) is 4.18. The van der Waals surface area contributed by atoms with Gasteiger partial charge in [0.25, 0.3) is 0 Å². The van der Waals surface area contributed by atoms with E-state index < -0.39 is 6.10 Å². The monoisotopic (exact) mass is 695 g/mol. The molecule has 5 heteroatoms. The highest BCUT2D eigenvalue weighted by Crippen LogP contribution is 2.16. The molecule has 0 heterocycles. The van der Waals surface area contributed by atoms with E-state index in [1.165, 1.54) is 193 Å². The number of hydrogen-bond acceptors (Lipinski definition) is 5. The molecule has 0 bridgehead atoms. The second-order valence-electron chi connectivity index (χ2n) is 15.1. The van der Waals surface area contributed by atoms with Crippen molar-refractivity contribution in [3.63, 3.8) is 0 Å².